The largest absolute Gasteiger partial charge is 0.369 e. The van der Waals surface area contributed by atoms with Crippen LogP contribution in [0.5, 0.6) is 0 Å². The van der Waals surface area contributed by atoms with Gasteiger partial charge in [0.1, 0.15) is 0 Å². The molecule has 1 saturated heterocycles. The Hall–Kier alpha value is -3.00. The van der Waals surface area contributed by atoms with E-state index in [4.69, 9.17) is 5.73 Å². The van der Waals surface area contributed by atoms with E-state index in [1.165, 1.54) is 12.4 Å². The summed E-state index contributed by atoms with van der Waals surface area (Å²) in [5.41, 5.74) is 6.67. The number of benzene rings is 1. The highest BCUT2D eigenvalue weighted by Crippen LogP contribution is 2.15. The Bertz CT molecular complexity index is 766. The van der Waals surface area contributed by atoms with E-state index in [-0.39, 0.29) is 17.7 Å². The van der Waals surface area contributed by atoms with Crippen LogP contribution in [0.3, 0.4) is 0 Å². The third-order valence-electron chi connectivity index (χ3n) is 4.57. The summed E-state index contributed by atoms with van der Waals surface area (Å²) in [4.78, 5) is 34.1. The van der Waals surface area contributed by atoms with Crippen molar-refractivity contribution in [1.82, 2.24) is 20.2 Å². The van der Waals surface area contributed by atoms with Gasteiger partial charge in [0.05, 0.1) is 11.5 Å². The van der Waals surface area contributed by atoms with E-state index in [9.17, 15) is 9.59 Å². The van der Waals surface area contributed by atoms with Gasteiger partial charge in [-0.05, 0) is 31.5 Å². The fraction of sp³-hybridized carbons (Fsp3) is 0.368. The molecule has 2 amide bonds. The van der Waals surface area contributed by atoms with Gasteiger partial charge in [0, 0.05) is 37.7 Å². The van der Waals surface area contributed by atoms with Gasteiger partial charge < -0.3 is 21.3 Å². The molecule has 1 aromatic carbocycles. The third-order valence-corrected chi connectivity index (χ3v) is 4.57. The van der Waals surface area contributed by atoms with Crippen molar-refractivity contribution in [3.63, 3.8) is 0 Å². The number of carbonyl (C=O) groups excluding carboxylic acids is 2. The lowest BCUT2D eigenvalue weighted by atomic mass is 9.97. The summed E-state index contributed by atoms with van der Waals surface area (Å²) in [6.45, 7) is 2.76. The van der Waals surface area contributed by atoms with Gasteiger partial charge in [0.15, 0.2) is 0 Å². The topological polar surface area (TPSA) is 113 Å². The maximum absolute atomic E-state index is 12.2. The fourth-order valence-electron chi connectivity index (χ4n) is 3.08. The first-order valence-corrected chi connectivity index (χ1v) is 9.06. The van der Waals surface area contributed by atoms with Crippen molar-refractivity contribution in [3.8, 4) is 0 Å². The van der Waals surface area contributed by atoms with E-state index in [0.29, 0.717) is 31.1 Å². The van der Waals surface area contributed by atoms with Crippen LogP contribution in [0.15, 0.2) is 42.7 Å². The average molecular weight is 368 g/mol. The number of hydrogen-bond donors (Lipinski definition) is 3. The first kappa shape index (κ1) is 18.8. The molecule has 1 atom stereocenters. The number of amides is 2. The molecule has 1 aliphatic heterocycles. The van der Waals surface area contributed by atoms with E-state index in [0.717, 1.165) is 25.1 Å². The molecule has 1 aromatic heterocycles. The lowest BCUT2D eigenvalue weighted by Crippen LogP contribution is -2.44. The van der Waals surface area contributed by atoms with Crippen molar-refractivity contribution in [1.29, 1.82) is 0 Å². The Morgan fingerprint density at radius 2 is 1.93 bits per heavy atom. The van der Waals surface area contributed by atoms with Crippen LogP contribution in [-0.4, -0.2) is 52.9 Å². The number of primary amides is 1. The minimum atomic E-state index is -0.245. The molecule has 0 radical (unpaired) electrons. The number of hydrogen-bond acceptors (Lipinski definition) is 6. The van der Waals surface area contributed by atoms with Crippen molar-refractivity contribution in [2.45, 2.75) is 12.8 Å². The monoisotopic (exact) mass is 368 g/mol. The summed E-state index contributed by atoms with van der Waals surface area (Å²) >= 11 is 0. The Morgan fingerprint density at radius 1 is 1.19 bits per heavy atom. The summed E-state index contributed by atoms with van der Waals surface area (Å²) in [7, 11) is 0. The van der Waals surface area contributed by atoms with Crippen molar-refractivity contribution < 1.29 is 9.59 Å². The molecule has 4 N–H and O–H groups in total. The number of nitrogens with two attached hydrogens (primary N) is 1. The van der Waals surface area contributed by atoms with Gasteiger partial charge in [0.25, 0.3) is 5.91 Å². The van der Waals surface area contributed by atoms with Crippen molar-refractivity contribution in [3.05, 3.63) is 48.3 Å². The quantitative estimate of drug-likeness (QED) is 0.676. The standard InChI is InChI=1S/C19H24N6O2/c20-17(26)14-5-4-9-25(13-14)10-8-21-18(27)15-11-22-19(23-12-15)24-16-6-2-1-3-7-16/h1-3,6-7,11-12,14H,4-5,8-10,13H2,(H2,20,26)(H,21,27)(H,22,23,24). The van der Waals surface area contributed by atoms with Gasteiger partial charge >= 0.3 is 0 Å². The molecular weight excluding hydrogens is 344 g/mol. The first-order chi connectivity index (χ1) is 13.1. The van der Waals surface area contributed by atoms with Crippen LogP contribution >= 0.6 is 0 Å². The smallest absolute Gasteiger partial charge is 0.254 e. The van der Waals surface area contributed by atoms with Crippen molar-refractivity contribution in [2.24, 2.45) is 11.7 Å². The summed E-state index contributed by atoms with van der Waals surface area (Å²) in [5.74, 6) is -0.120. The average Bonchev–Trinajstić information content (AvgIpc) is 2.69. The number of para-hydroxylation sites is 1. The SMILES string of the molecule is NC(=O)C1CCCN(CCNC(=O)c2cnc(Nc3ccccc3)nc2)C1. The van der Waals surface area contributed by atoms with Crippen LogP contribution in [0.1, 0.15) is 23.2 Å². The molecule has 8 nitrogen and oxygen atoms in total. The highest BCUT2D eigenvalue weighted by Gasteiger charge is 2.23. The maximum atomic E-state index is 12.2. The molecule has 27 heavy (non-hydrogen) atoms. The van der Waals surface area contributed by atoms with Crippen LogP contribution in [0.4, 0.5) is 11.6 Å². The second-order valence-electron chi connectivity index (χ2n) is 6.58. The molecule has 2 aromatic rings. The highest BCUT2D eigenvalue weighted by atomic mass is 16.2. The van der Waals surface area contributed by atoms with E-state index < -0.39 is 0 Å². The zero-order chi connectivity index (χ0) is 19.1. The molecular formula is C19H24N6O2. The minimum Gasteiger partial charge on any atom is -0.369 e. The molecule has 3 rings (SSSR count). The molecule has 1 aliphatic rings. The first-order valence-electron chi connectivity index (χ1n) is 9.06. The van der Waals surface area contributed by atoms with Crippen LogP contribution in [-0.2, 0) is 4.79 Å². The van der Waals surface area contributed by atoms with Crippen LogP contribution < -0.4 is 16.4 Å². The van der Waals surface area contributed by atoms with Gasteiger partial charge in [-0.15, -0.1) is 0 Å². The van der Waals surface area contributed by atoms with Crippen LogP contribution in [0.2, 0.25) is 0 Å². The van der Waals surface area contributed by atoms with Crippen molar-refractivity contribution >= 4 is 23.5 Å². The van der Waals surface area contributed by atoms with E-state index in [1.54, 1.807) is 0 Å². The Balaban J connectivity index is 1.45. The summed E-state index contributed by atoms with van der Waals surface area (Å²) in [6.07, 6.45) is 4.79. The zero-order valence-corrected chi connectivity index (χ0v) is 15.1. The maximum Gasteiger partial charge on any atom is 0.254 e. The summed E-state index contributed by atoms with van der Waals surface area (Å²) in [6, 6.07) is 9.58. The minimum absolute atomic E-state index is 0.0903. The molecule has 142 valence electrons. The Morgan fingerprint density at radius 3 is 2.63 bits per heavy atom. The molecule has 0 aliphatic carbocycles. The Labute approximate surface area is 158 Å². The molecule has 0 bridgehead atoms. The van der Waals surface area contributed by atoms with Gasteiger partial charge in [-0.3, -0.25) is 9.59 Å². The molecule has 0 saturated carbocycles. The normalized spacial score (nSPS) is 17.3. The van der Waals surface area contributed by atoms with Gasteiger partial charge in [-0.1, -0.05) is 18.2 Å². The lowest BCUT2D eigenvalue weighted by molar-refractivity contribution is -0.123. The number of likely N-dealkylation sites (tertiary alicyclic amines) is 1. The molecule has 1 unspecified atom stereocenters. The number of aromatic nitrogens is 2. The number of rotatable bonds is 7. The van der Waals surface area contributed by atoms with Crippen LogP contribution in [0.25, 0.3) is 0 Å². The summed E-state index contributed by atoms with van der Waals surface area (Å²) < 4.78 is 0. The number of carbonyl (C=O) groups is 2. The predicted octanol–water partition coefficient (Wildman–Crippen LogP) is 1.15. The van der Waals surface area contributed by atoms with Gasteiger partial charge in [0.2, 0.25) is 11.9 Å². The van der Waals surface area contributed by atoms with Gasteiger partial charge in [-0.2, -0.15) is 0 Å². The second kappa shape index (κ2) is 9.09. The van der Waals surface area contributed by atoms with Gasteiger partial charge in [-0.25, -0.2) is 9.97 Å². The second-order valence-corrected chi connectivity index (χ2v) is 6.58. The molecule has 8 heteroatoms. The number of nitrogens with one attached hydrogen (secondary N) is 2. The summed E-state index contributed by atoms with van der Waals surface area (Å²) in [5, 5.41) is 5.93. The van der Waals surface area contributed by atoms with Crippen molar-refractivity contribution in [2.75, 3.05) is 31.5 Å². The highest BCUT2D eigenvalue weighted by molar-refractivity contribution is 5.93. The molecule has 1 fully saturated rings. The predicted molar refractivity (Wildman–Crippen MR) is 102 cm³/mol. The Kier molecular flexibility index (Phi) is 6.32. The number of anilines is 2. The van der Waals surface area contributed by atoms with E-state index >= 15 is 0 Å². The number of nitrogens with zero attached hydrogens (tertiary/aromatic N) is 3. The van der Waals surface area contributed by atoms with E-state index in [1.807, 2.05) is 30.3 Å². The fourth-order valence-corrected chi connectivity index (χ4v) is 3.08. The van der Waals surface area contributed by atoms with Crippen LogP contribution in [0, 0.1) is 5.92 Å². The lowest BCUT2D eigenvalue weighted by Gasteiger charge is -2.31. The third kappa shape index (κ3) is 5.49. The zero-order valence-electron chi connectivity index (χ0n) is 15.1. The van der Waals surface area contributed by atoms with E-state index in [2.05, 4.69) is 25.5 Å². The molecule has 0 spiro atoms. The molecule has 2 heterocycles. The number of piperidine rings is 1.